The fourth-order valence-corrected chi connectivity index (χ4v) is 4.48. The Morgan fingerprint density at radius 2 is 1.88 bits per heavy atom. The van der Waals surface area contributed by atoms with Gasteiger partial charge in [-0.3, -0.25) is 14.5 Å². The summed E-state index contributed by atoms with van der Waals surface area (Å²) in [5, 5.41) is 6.63. The van der Waals surface area contributed by atoms with E-state index in [2.05, 4.69) is 15.5 Å². The first-order chi connectivity index (χ1) is 11.1. The van der Waals surface area contributed by atoms with Crippen molar-refractivity contribution in [1.82, 2.24) is 20.4 Å². The van der Waals surface area contributed by atoms with E-state index < -0.39 is 0 Å². The van der Waals surface area contributed by atoms with E-state index in [-0.39, 0.29) is 42.0 Å². The van der Waals surface area contributed by atoms with Crippen LogP contribution in [0.3, 0.4) is 0 Å². The van der Waals surface area contributed by atoms with Crippen molar-refractivity contribution in [3.05, 3.63) is 0 Å². The van der Waals surface area contributed by atoms with Gasteiger partial charge in [-0.05, 0) is 25.3 Å². The van der Waals surface area contributed by atoms with Gasteiger partial charge >= 0.3 is 0 Å². The van der Waals surface area contributed by atoms with Crippen LogP contribution in [0.1, 0.15) is 32.6 Å². The van der Waals surface area contributed by atoms with Crippen LogP contribution in [0, 0.1) is 11.3 Å². The minimum Gasteiger partial charge on any atom is -0.354 e. The maximum absolute atomic E-state index is 12.8. The number of halogens is 2. The number of carbonyl (C=O) groups excluding carboxylic acids is 2. The summed E-state index contributed by atoms with van der Waals surface area (Å²) in [6.07, 6.45) is 4.67. The predicted molar refractivity (Wildman–Crippen MR) is 103 cm³/mol. The highest BCUT2D eigenvalue weighted by atomic mass is 35.5. The number of carbonyl (C=O) groups is 2. The molecule has 0 aromatic rings. The quantitative estimate of drug-likeness (QED) is 0.742. The molecular formula is C17H32Cl2N4O2. The summed E-state index contributed by atoms with van der Waals surface area (Å²) in [4.78, 5) is 28.3. The fraction of sp³-hybridized carbons (Fsp3) is 0.882. The summed E-state index contributed by atoms with van der Waals surface area (Å²) < 4.78 is 0. The molecule has 1 aliphatic carbocycles. The minimum absolute atomic E-state index is 0. The first kappa shape index (κ1) is 22.5. The Morgan fingerprint density at radius 3 is 2.56 bits per heavy atom. The predicted octanol–water partition coefficient (Wildman–Crippen LogP) is 0.890. The molecule has 2 amide bonds. The molecule has 2 atom stereocenters. The number of nitrogens with zero attached hydrogens (tertiary/aromatic N) is 2. The van der Waals surface area contributed by atoms with Crippen molar-refractivity contribution in [1.29, 1.82) is 0 Å². The molecule has 0 aromatic heterocycles. The second-order valence-corrected chi connectivity index (χ2v) is 7.33. The van der Waals surface area contributed by atoms with Crippen LogP contribution in [0.25, 0.3) is 0 Å². The van der Waals surface area contributed by atoms with Crippen LogP contribution < -0.4 is 10.6 Å². The molecule has 146 valence electrons. The third kappa shape index (κ3) is 5.00. The van der Waals surface area contributed by atoms with Gasteiger partial charge < -0.3 is 15.5 Å². The summed E-state index contributed by atoms with van der Waals surface area (Å²) in [5.74, 6) is 0.944. The lowest BCUT2D eigenvalue weighted by Crippen LogP contribution is -2.52. The molecule has 0 radical (unpaired) electrons. The first-order valence-electron chi connectivity index (χ1n) is 9.09. The van der Waals surface area contributed by atoms with Gasteiger partial charge in [0, 0.05) is 52.7 Å². The van der Waals surface area contributed by atoms with Crippen molar-refractivity contribution >= 4 is 36.6 Å². The largest absolute Gasteiger partial charge is 0.354 e. The van der Waals surface area contributed by atoms with E-state index >= 15 is 0 Å². The van der Waals surface area contributed by atoms with Crippen molar-refractivity contribution < 1.29 is 9.59 Å². The molecule has 0 bridgehead atoms. The fourth-order valence-electron chi connectivity index (χ4n) is 4.48. The van der Waals surface area contributed by atoms with Gasteiger partial charge in [0.1, 0.15) is 0 Å². The van der Waals surface area contributed by atoms with Gasteiger partial charge in [-0.25, -0.2) is 0 Å². The molecule has 8 heteroatoms. The van der Waals surface area contributed by atoms with Crippen molar-refractivity contribution in [3.8, 4) is 0 Å². The average molecular weight is 395 g/mol. The Balaban J connectivity index is 0.00000156. The number of amides is 2. The zero-order valence-electron chi connectivity index (χ0n) is 15.1. The van der Waals surface area contributed by atoms with E-state index in [1.165, 1.54) is 19.3 Å². The Morgan fingerprint density at radius 1 is 1.16 bits per heavy atom. The molecule has 2 N–H and O–H groups in total. The molecule has 0 unspecified atom stereocenters. The molecule has 2 saturated heterocycles. The molecule has 2 aliphatic heterocycles. The zero-order chi connectivity index (χ0) is 16.3. The minimum atomic E-state index is -0.147. The van der Waals surface area contributed by atoms with Gasteiger partial charge in [-0.15, -0.1) is 24.8 Å². The van der Waals surface area contributed by atoms with Crippen LogP contribution in [0.4, 0.5) is 0 Å². The van der Waals surface area contributed by atoms with Gasteiger partial charge in [0.25, 0.3) is 0 Å². The van der Waals surface area contributed by atoms with Crippen molar-refractivity contribution in [3.63, 3.8) is 0 Å². The molecule has 6 nitrogen and oxygen atoms in total. The van der Waals surface area contributed by atoms with E-state index in [1.807, 2.05) is 4.90 Å². The second-order valence-electron chi connectivity index (χ2n) is 7.33. The van der Waals surface area contributed by atoms with E-state index in [9.17, 15) is 9.59 Å². The summed E-state index contributed by atoms with van der Waals surface area (Å²) >= 11 is 0. The second kappa shape index (κ2) is 9.95. The van der Waals surface area contributed by atoms with Crippen molar-refractivity contribution in [2.45, 2.75) is 32.6 Å². The summed E-state index contributed by atoms with van der Waals surface area (Å²) in [6.45, 7) is 8.50. The first-order valence-corrected chi connectivity index (χ1v) is 9.09. The lowest BCUT2D eigenvalue weighted by molar-refractivity contribution is -0.134. The highest BCUT2D eigenvalue weighted by molar-refractivity contribution is 5.85. The highest BCUT2D eigenvalue weighted by Crippen LogP contribution is 2.43. The molecule has 2 heterocycles. The molecule has 3 fully saturated rings. The zero-order valence-corrected chi connectivity index (χ0v) is 16.7. The maximum Gasteiger partial charge on any atom is 0.227 e. The third-order valence-electron chi connectivity index (χ3n) is 6.02. The highest BCUT2D eigenvalue weighted by Gasteiger charge is 2.49. The van der Waals surface area contributed by atoms with E-state index in [0.717, 1.165) is 52.2 Å². The molecule has 0 spiro atoms. The van der Waals surface area contributed by atoms with Crippen LogP contribution in [0.2, 0.25) is 0 Å². The molecule has 25 heavy (non-hydrogen) atoms. The van der Waals surface area contributed by atoms with Gasteiger partial charge in [0.15, 0.2) is 0 Å². The van der Waals surface area contributed by atoms with Crippen molar-refractivity contribution in [2.24, 2.45) is 11.3 Å². The molecule has 1 saturated carbocycles. The van der Waals surface area contributed by atoms with Gasteiger partial charge in [-0.1, -0.05) is 12.8 Å². The third-order valence-corrected chi connectivity index (χ3v) is 6.02. The number of piperazine rings is 1. The van der Waals surface area contributed by atoms with Crippen LogP contribution >= 0.6 is 24.8 Å². The monoisotopic (exact) mass is 394 g/mol. The Bertz CT molecular complexity index is 458. The van der Waals surface area contributed by atoms with Gasteiger partial charge in [-0.2, -0.15) is 0 Å². The average Bonchev–Trinajstić information content (AvgIpc) is 3.00. The van der Waals surface area contributed by atoms with Crippen LogP contribution in [0.15, 0.2) is 0 Å². The number of fused-ring (bicyclic) bond motifs is 1. The lowest BCUT2D eigenvalue weighted by atomic mass is 9.67. The van der Waals surface area contributed by atoms with Gasteiger partial charge in [0.05, 0.1) is 5.41 Å². The normalized spacial score (nSPS) is 29.2. The van der Waals surface area contributed by atoms with E-state index in [4.69, 9.17) is 0 Å². The Kier molecular flexibility index (Phi) is 8.95. The summed E-state index contributed by atoms with van der Waals surface area (Å²) in [5.41, 5.74) is -0.147. The number of rotatable bonds is 4. The standard InChI is InChI=1S/C17H30N4O2.2ClH/c1-14(22)21-10-8-20(9-11-21)7-6-19-16(23)17-5-3-2-4-15(17)12-18-13-17;;/h15,18H,2-13H2,1H3,(H,19,23);2*1H/t15-,17+;;/m0../s1. The molecule has 3 aliphatic rings. The van der Waals surface area contributed by atoms with Gasteiger partial charge in [0.2, 0.25) is 11.8 Å². The maximum atomic E-state index is 12.8. The number of nitrogens with one attached hydrogen (secondary N) is 2. The van der Waals surface area contributed by atoms with Crippen LogP contribution in [-0.4, -0.2) is 74.0 Å². The lowest BCUT2D eigenvalue weighted by Gasteiger charge is -2.38. The summed E-state index contributed by atoms with van der Waals surface area (Å²) in [6, 6.07) is 0. The smallest absolute Gasteiger partial charge is 0.227 e. The van der Waals surface area contributed by atoms with E-state index in [1.54, 1.807) is 6.92 Å². The Hall–Kier alpha value is -0.560. The SMILES string of the molecule is CC(=O)N1CCN(CCNC(=O)[C@@]23CCCC[C@H]2CNC3)CC1.Cl.Cl. The van der Waals surface area contributed by atoms with Crippen molar-refractivity contribution in [2.75, 3.05) is 52.4 Å². The van der Waals surface area contributed by atoms with E-state index in [0.29, 0.717) is 12.5 Å². The number of hydrogen-bond acceptors (Lipinski definition) is 4. The molecular weight excluding hydrogens is 363 g/mol. The molecule has 0 aromatic carbocycles. The number of hydrogen-bond donors (Lipinski definition) is 2. The Labute approximate surface area is 163 Å². The molecule has 3 rings (SSSR count). The summed E-state index contributed by atoms with van der Waals surface area (Å²) in [7, 11) is 0. The topological polar surface area (TPSA) is 64.7 Å². The van der Waals surface area contributed by atoms with Crippen LogP contribution in [-0.2, 0) is 9.59 Å². The van der Waals surface area contributed by atoms with Crippen LogP contribution in [0.5, 0.6) is 0 Å².